The van der Waals surface area contributed by atoms with Crippen LogP contribution in [0.4, 0.5) is 5.69 Å². The highest BCUT2D eigenvalue weighted by Gasteiger charge is 2.19. The third-order valence-corrected chi connectivity index (χ3v) is 7.02. The molecule has 4 aromatic rings. The average Bonchev–Trinajstić information content (AvgIpc) is 3.26. The fourth-order valence-electron chi connectivity index (χ4n) is 4.36. The van der Waals surface area contributed by atoms with Crippen LogP contribution in [-0.4, -0.2) is 45.6 Å². The number of H-pyrrole nitrogens is 1. The van der Waals surface area contributed by atoms with Gasteiger partial charge < -0.3 is 10.3 Å². The topological polar surface area (TPSA) is 44.0 Å². The molecule has 1 saturated heterocycles. The van der Waals surface area contributed by atoms with Gasteiger partial charge in [0.05, 0.1) is 0 Å². The molecular weight excluding hydrogens is 388 g/mol. The van der Waals surface area contributed by atoms with E-state index in [0.29, 0.717) is 6.04 Å². The van der Waals surface area contributed by atoms with Gasteiger partial charge in [-0.2, -0.15) is 0 Å². The number of hydrogen-bond acceptors (Lipinski definition) is 4. The maximum Gasteiger partial charge on any atom is 0.0454 e. The predicted octanol–water partition coefficient (Wildman–Crippen LogP) is 5.97. The van der Waals surface area contributed by atoms with Gasteiger partial charge in [-0.15, -0.1) is 11.8 Å². The van der Waals surface area contributed by atoms with Gasteiger partial charge in [-0.05, 0) is 76.9 Å². The standard InChI is InChI=1S/C25H28N4S/c1-2-30-17-29-11-7-22(8-12-29)28-25-15-21(14-19-5-9-26-16-23(19)25)18-3-4-24-20(13-18)6-10-27-24/h3-6,9-10,13-16,22,27-28H,2,7-8,11-12,17H2,1H3. The number of thioether (sulfide) groups is 1. The zero-order valence-electron chi connectivity index (χ0n) is 17.4. The van der Waals surface area contributed by atoms with Crippen molar-refractivity contribution in [3.63, 3.8) is 0 Å². The molecule has 0 amide bonds. The average molecular weight is 417 g/mol. The molecule has 154 valence electrons. The molecule has 0 aliphatic carbocycles. The Labute approximate surface area is 182 Å². The number of aromatic nitrogens is 2. The summed E-state index contributed by atoms with van der Waals surface area (Å²) in [7, 11) is 0. The van der Waals surface area contributed by atoms with Crippen molar-refractivity contribution >= 4 is 39.1 Å². The molecule has 0 bridgehead atoms. The van der Waals surface area contributed by atoms with Gasteiger partial charge in [0.15, 0.2) is 0 Å². The molecule has 2 N–H and O–H groups in total. The van der Waals surface area contributed by atoms with Crippen LogP contribution < -0.4 is 5.32 Å². The zero-order chi connectivity index (χ0) is 20.3. The van der Waals surface area contributed by atoms with E-state index < -0.39 is 0 Å². The summed E-state index contributed by atoms with van der Waals surface area (Å²) in [6.07, 6.45) is 8.24. The molecule has 2 aromatic carbocycles. The number of piperidine rings is 1. The molecule has 0 unspecified atom stereocenters. The van der Waals surface area contributed by atoms with Crippen LogP contribution in [0.1, 0.15) is 19.8 Å². The number of pyridine rings is 1. The van der Waals surface area contributed by atoms with E-state index in [0.717, 1.165) is 5.88 Å². The van der Waals surface area contributed by atoms with E-state index in [9.17, 15) is 0 Å². The Morgan fingerprint density at radius 3 is 2.80 bits per heavy atom. The zero-order valence-corrected chi connectivity index (χ0v) is 18.2. The number of rotatable bonds is 6. The molecule has 1 aliphatic heterocycles. The van der Waals surface area contributed by atoms with Gasteiger partial charge in [0.1, 0.15) is 0 Å². The summed E-state index contributed by atoms with van der Waals surface area (Å²) in [5.41, 5.74) is 4.87. The Hall–Kier alpha value is -2.50. The number of hydrogen-bond donors (Lipinski definition) is 2. The van der Waals surface area contributed by atoms with Crippen LogP contribution in [0.15, 0.2) is 61.1 Å². The van der Waals surface area contributed by atoms with E-state index in [1.807, 2.05) is 30.4 Å². The highest BCUT2D eigenvalue weighted by atomic mass is 32.2. The van der Waals surface area contributed by atoms with Gasteiger partial charge >= 0.3 is 0 Å². The summed E-state index contributed by atoms with van der Waals surface area (Å²) < 4.78 is 0. The van der Waals surface area contributed by atoms with Crippen molar-refractivity contribution in [2.75, 3.05) is 30.0 Å². The fraction of sp³-hybridized carbons (Fsp3) is 0.320. The van der Waals surface area contributed by atoms with E-state index in [4.69, 9.17) is 0 Å². The van der Waals surface area contributed by atoms with Crippen LogP contribution in [-0.2, 0) is 0 Å². The molecule has 0 spiro atoms. The maximum absolute atomic E-state index is 4.39. The van der Waals surface area contributed by atoms with Crippen molar-refractivity contribution in [2.45, 2.75) is 25.8 Å². The smallest absolute Gasteiger partial charge is 0.0454 e. The highest BCUT2D eigenvalue weighted by molar-refractivity contribution is 7.99. The lowest BCUT2D eigenvalue weighted by Crippen LogP contribution is -2.38. The van der Waals surface area contributed by atoms with Gasteiger partial charge in [-0.3, -0.25) is 9.88 Å². The normalized spacial score (nSPS) is 15.8. The minimum atomic E-state index is 0.513. The van der Waals surface area contributed by atoms with Crippen LogP contribution in [0.3, 0.4) is 0 Å². The molecule has 5 rings (SSSR count). The first kappa shape index (κ1) is 19.5. The second-order valence-corrected chi connectivity index (χ2v) is 9.30. The van der Waals surface area contributed by atoms with Crippen molar-refractivity contribution in [2.24, 2.45) is 0 Å². The highest BCUT2D eigenvalue weighted by Crippen LogP contribution is 2.33. The van der Waals surface area contributed by atoms with Crippen molar-refractivity contribution < 1.29 is 0 Å². The first-order valence-electron chi connectivity index (χ1n) is 10.8. The molecule has 0 radical (unpaired) electrons. The molecular formula is C25H28N4S. The van der Waals surface area contributed by atoms with E-state index in [2.05, 4.69) is 69.6 Å². The van der Waals surface area contributed by atoms with Gasteiger partial charge in [0.2, 0.25) is 0 Å². The summed E-state index contributed by atoms with van der Waals surface area (Å²) in [5, 5.41) is 7.54. The maximum atomic E-state index is 4.39. The van der Waals surface area contributed by atoms with Crippen molar-refractivity contribution in [1.29, 1.82) is 0 Å². The minimum absolute atomic E-state index is 0.513. The lowest BCUT2D eigenvalue weighted by Gasteiger charge is -2.32. The second kappa shape index (κ2) is 8.70. The first-order chi connectivity index (χ1) is 14.8. The van der Waals surface area contributed by atoms with Crippen molar-refractivity contribution in [3.05, 3.63) is 61.1 Å². The molecule has 1 fully saturated rings. The summed E-state index contributed by atoms with van der Waals surface area (Å²) in [5.74, 6) is 2.35. The first-order valence-corrected chi connectivity index (χ1v) is 12.0. The Kier molecular flexibility index (Phi) is 5.65. The van der Waals surface area contributed by atoms with Gasteiger partial charge in [0, 0.05) is 60.2 Å². The van der Waals surface area contributed by atoms with E-state index in [1.54, 1.807) is 0 Å². The van der Waals surface area contributed by atoms with Gasteiger partial charge in [-0.25, -0.2) is 0 Å². The minimum Gasteiger partial charge on any atom is -0.382 e. The van der Waals surface area contributed by atoms with Gasteiger partial charge in [-0.1, -0.05) is 13.0 Å². The van der Waals surface area contributed by atoms with Crippen LogP contribution >= 0.6 is 11.8 Å². The summed E-state index contributed by atoms with van der Waals surface area (Å²) >= 11 is 2.02. The molecule has 4 nitrogen and oxygen atoms in total. The molecule has 0 atom stereocenters. The number of nitrogens with zero attached hydrogens (tertiary/aromatic N) is 2. The summed E-state index contributed by atoms with van der Waals surface area (Å²) in [6.45, 7) is 4.58. The lowest BCUT2D eigenvalue weighted by molar-refractivity contribution is 0.254. The molecule has 30 heavy (non-hydrogen) atoms. The number of benzene rings is 2. The van der Waals surface area contributed by atoms with Crippen molar-refractivity contribution in [3.8, 4) is 11.1 Å². The molecule has 5 heteroatoms. The predicted molar refractivity (Wildman–Crippen MR) is 130 cm³/mol. The second-order valence-electron chi connectivity index (χ2n) is 8.06. The van der Waals surface area contributed by atoms with E-state index in [-0.39, 0.29) is 0 Å². The Bertz CT molecular complexity index is 1140. The Morgan fingerprint density at radius 1 is 1.07 bits per heavy atom. The number of aromatic amines is 1. The quantitative estimate of drug-likeness (QED) is 0.406. The van der Waals surface area contributed by atoms with Crippen LogP contribution in [0.5, 0.6) is 0 Å². The van der Waals surface area contributed by atoms with Crippen LogP contribution in [0.2, 0.25) is 0 Å². The van der Waals surface area contributed by atoms with E-state index in [1.165, 1.54) is 70.2 Å². The van der Waals surface area contributed by atoms with Crippen LogP contribution in [0, 0.1) is 0 Å². The molecule has 2 aromatic heterocycles. The molecule has 3 heterocycles. The summed E-state index contributed by atoms with van der Waals surface area (Å²) in [6, 6.07) is 16.0. The molecule has 1 aliphatic rings. The third kappa shape index (κ3) is 4.05. The molecule has 0 saturated carbocycles. The Balaban J connectivity index is 1.43. The Morgan fingerprint density at radius 2 is 1.93 bits per heavy atom. The fourth-order valence-corrected chi connectivity index (χ4v) is 5.06. The number of fused-ring (bicyclic) bond motifs is 2. The van der Waals surface area contributed by atoms with Gasteiger partial charge in [0.25, 0.3) is 0 Å². The third-order valence-electron chi connectivity index (χ3n) is 6.07. The lowest BCUT2D eigenvalue weighted by atomic mass is 9.98. The number of anilines is 1. The van der Waals surface area contributed by atoms with E-state index >= 15 is 0 Å². The van der Waals surface area contributed by atoms with Crippen molar-refractivity contribution in [1.82, 2.24) is 14.9 Å². The monoisotopic (exact) mass is 416 g/mol. The summed E-state index contributed by atoms with van der Waals surface area (Å²) in [4.78, 5) is 10.3. The number of nitrogens with one attached hydrogen (secondary N) is 2. The largest absolute Gasteiger partial charge is 0.382 e. The number of likely N-dealkylation sites (tertiary alicyclic amines) is 1. The SMILES string of the molecule is CCSCN1CCC(Nc2cc(-c3ccc4[nH]ccc4c3)cc3ccncc23)CC1. The van der Waals surface area contributed by atoms with Crippen LogP contribution in [0.25, 0.3) is 32.8 Å².